The van der Waals surface area contributed by atoms with Crippen LogP contribution in [-0.2, 0) is 4.79 Å². The number of hydrogen-bond donors (Lipinski definition) is 2. The third-order valence-corrected chi connectivity index (χ3v) is 3.30. The van der Waals surface area contributed by atoms with Gasteiger partial charge in [-0.15, -0.1) is 0 Å². The Kier molecular flexibility index (Phi) is 6.57. The summed E-state index contributed by atoms with van der Waals surface area (Å²) in [6.45, 7) is 8.95. The molecule has 0 bridgehead atoms. The summed E-state index contributed by atoms with van der Waals surface area (Å²) >= 11 is 0. The average Bonchev–Trinajstić information content (AvgIpc) is 2.39. The quantitative estimate of drug-likeness (QED) is 0.742. The lowest BCUT2D eigenvalue weighted by Crippen LogP contribution is -2.43. The van der Waals surface area contributed by atoms with Crippen molar-refractivity contribution in [2.24, 2.45) is 0 Å². The molecule has 0 saturated carbocycles. The minimum atomic E-state index is -0.173. The summed E-state index contributed by atoms with van der Waals surface area (Å²) in [4.78, 5) is 11.9. The molecule has 0 aromatic heterocycles. The van der Waals surface area contributed by atoms with Crippen molar-refractivity contribution in [3.05, 3.63) is 35.4 Å². The largest absolute Gasteiger partial charge is 0.355 e. The van der Waals surface area contributed by atoms with Gasteiger partial charge in [0.2, 0.25) is 5.91 Å². The molecule has 106 valence electrons. The van der Waals surface area contributed by atoms with Crippen molar-refractivity contribution in [2.75, 3.05) is 6.54 Å². The van der Waals surface area contributed by atoms with Gasteiger partial charge >= 0.3 is 0 Å². The van der Waals surface area contributed by atoms with E-state index in [1.54, 1.807) is 0 Å². The van der Waals surface area contributed by atoms with Gasteiger partial charge in [0.05, 0.1) is 6.04 Å². The molecule has 2 N–H and O–H groups in total. The molecule has 0 aliphatic carbocycles. The molecule has 1 aromatic carbocycles. The molecule has 19 heavy (non-hydrogen) atoms. The van der Waals surface area contributed by atoms with Crippen LogP contribution < -0.4 is 10.6 Å². The summed E-state index contributed by atoms with van der Waals surface area (Å²) < 4.78 is 0. The first kappa shape index (κ1) is 15.7. The van der Waals surface area contributed by atoms with E-state index in [-0.39, 0.29) is 18.0 Å². The summed E-state index contributed by atoms with van der Waals surface area (Å²) in [7, 11) is 0. The van der Waals surface area contributed by atoms with Crippen LogP contribution >= 0.6 is 0 Å². The number of hydrogen-bond acceptors (Lipinski definition) is 2. The second-order valence-corrected chi connectivity index (χ2v) is 5.17. The van der Waals surface area contributed by atoms with Gasteiger partial charge in [0.25, 0.3) is 0 Å². The van der Waals surface area contributed by atoms with Crippen molar-refractivity contribution in [2.45, 2.75) is 52.6 Å². The lowest BCUT2D eigenvalue weighted by atomic mass is 10.1. The van der Waals surface area contributed by atoms with Gasteiger partial charge in [0, 0.05) is 12.6 Å². The lowest BCUT2D eigenvalue weighted by molar-refractivity contribution is -0.122. The lowest BCUT2D eigenvalue weighted by Gasteiger charge is -2.20. The van der Waals surface area contributed by atoms with Crippen LogP contribution in [-0.4, -0.2) is 18.5 Å². The normalized spacial score (nSPS) is 13.9. The molecule has 0 saturated heterocycles. The maximum Gasteiger partial charge on any atom is 0.236 e. The number of benzene rings is 1. The molecule has 0 aliphatic heterocycles. The molecule has 0 aliphatic rings. The number of aryl methyl sites for hydroxylation is 1. The van der Waals surface area contributed by atoms with Crippen molar-refractivity contribution < 1.29 is 4.79 Å². The maximum absolute atomic E-state index is 11.9. The fourth-order valence-electron chi connectivity index (χ4n) is 1.94. The number of amides is 1. The minimum Gasteiger partial charge on any atom is -0.355 e. The van der Waals surface area contributed by atoms with Gasteiger partial charge in [0.1, 0.15) is 0 Å². The van der Waals surface area contributed by atoms with E-state index < -0.39 is 0 Å². The van der Waals surface area contributed by atoms with Crippen LogP contribution in [0, 0.1) is 6.92 Å². The highest BCUT2D eigenvalue weighted by atomic mass is 16.2. The Bertz CT molecular complexity index is 386. The number of unbranched alkanes of at least 4 members (excludes halogenated alkanes) is 1. The zero-order valence-electron chi connectivity index (χ0n) is 12.5. The van der Waals surface area contributed by atoms with Crippen molar-refractivity contribution in [3.8, 4) is 0 Å². The predicted octanol–water partition coefficient (Wildman–Crippen LogP) is 2.95. The highest BCUT2D eigenvalue weighted by Crippen LogP contribution is 2.13. The maximum atomic E-state index is 11.9. The highest BCUT2D eigenvalue weighted by Gasteiger charge is 2.15. The Morgan fingerprint density at radius 1 is 1.21 bits per heavy atom. The van der Waals surface area contributed by atoms with Crippen LogP contribution in [0.4, 0.5) is 0 Å². The second-order valence-electron chi connectivity index (χ2n) is 5.17. The smallest absolute Gasteiger partial charge is 0.236 e. The highest BCUT2D eigenvalue weighted by molar-refractivity contribution is 5.81. The first-order valence-corrected chi connectivity index (χ1v) is 7.15. The summed E-state index contributed by atoms with van der Waals surface area (Å²) in [5.74, 6) is 0.0763. The fraction of sp³-hybridized carbons (Fsp3) is 0.562. The Labute approximate surface area is 116 Å². The molecule has 1 aromatic rings. The second kappa shape index (κ2) is 7.95. The van der Waals surface area contributed by atoms with Crippen LogP contribution in [0.5, 0.6) is 0 Å². The molecule has 3 nitrogen and oxygen atoms in total. The van der Waals surface area contributed by atoms with Gasteiger partial charge in [0.15, 0.2) is 0 Å². The molecular weight excluding hydrogens is 236 g/mol. The molecule has 0 fully saturated rings. The third-order valence-electron chi connectivity index (χ3n) is 3.30. The zero-order valence-corrected chi connectivity index (χ0v) is 12.5. The van der Waals surface area contributed by atoms with E-state index in [0.717, 1.165) is 19.4 Å². The molecule has 2 atom stereocenters. The topological polar surface area (TPSA) is 41.1 Å². The molecule has 1 amide bonds. The van der Waals surface area contributed by atoms with E-state index in [2.05, 4.69) is 55.7 Å². The number of carbonyl (C=O) groups is 1. The number of nitrogens with one attached hydrogen (secondary N) is 2. The van der Waals surface area contributed by atoms with Gasteiger partial charge in [-0.1, -0.05) is 43.2 Å². The molecule has 1 rings (SSSR count). The van der Waals surface area contributed by atoms with E-state index in [1.807, 2.05) is 6.92 Å². The Morgan fingerprint density at radius 3 is 2.42 bits per heavy atom. The van der Waals surface area contributed by atoms with Crippen LogP contribution in [0.3, 0.4) is 0 Å². The first-order chi connectivity index (χ1) is 9.04. The van der Waals surface area contributed by atoms with Crippen molar-refractivity contribution in [3.63, 3.8) is 0 Å². The number of carbonyl (C=O) groups excluding carboxylic acids is 1. The summed E-state index contributed by atoms with van der Waals surface area (Å²) in [5.41, 5.74) is 2.46. The van der Waals surface area contributed by atoms with E-state index in [4.69, 9.17) is 0 Å². The van der Waals surface area contributed by atoms with Crippen LogP contribution in [0.15, 0.2) is 24.3 Å². The predicted molar refractivity (Wildman–Crippen MR) is 80.1 cm³/mol. The fourth-order valence-corrected chi connectivity index (χ4v) is 1.94. The van der Waals surface area contributed by atoms with Gasteiger partial charge in [-0.05, 0) is 32.8 Å². The van der Waals surface area contributed by atoms with Crippen molar-refractivity contribution in [1.82, 2.24) is 10.6 Å². The van der Waals surface area contributed by atoms with E-state index in [0.29, 0.717) is 0 Å². The molecular formula is C16H26N2O. The SMILES string of the molecule is CCCCNC(=O)C(C)N[C@H](C)c1ccc(C)cc1. The Hall–Kier alpha value is -1.35. The molecule has 0 spiro atoms. The van der Waals surface area contributed by atoms with Gasteiger partial charge in [-0.3, -0.25) is 10.1 Å². The van der Waals surface area contributed by atoms with E-state index in [9.17, 15) is 4.79 Å². The standard InChI is InChI=1S/C16H26N2O/c1-5-6-11-17-16(19)14(4)18-13(3)15-9-7-12(2)8-10-15/h7-10,13-14,18H,5-6,11H2,1-4H3,(H,17,19)/t13-,14?/m1/s1. The van der Waals surface area contributed by atoms with Crippen LogP contribution in [0.1, 0.15) is 50.8 Å². The minimum absolute atomic E-state index is 0.0763. The van der Waals surface area contributed by atoms with Crippen LogP contribution in [0.2, 0.25) is 0 Å². The summed E-state index contributed by atoms with van der Waals surface area (Å²) in [6.07, 6.45) is 2.13. The zero-order chi connectivity index (χ0) is 14.3. The van der Waals surface area contributed by atoms with E-state index in [1.165, 1.54) is 11.1 Å². The number of rotatable bonds is 7. The van der Waals surface area contributed by atoms with Gasteiger partial charge < -0.3 is 5.32 Å². The van der Waals surface area contributed by atoms with Crippen molar-refractivity contribution >= 4 is 5.91 Å². The molecule has 1 unspecified atom stereocenters. The third kappa shape index (κ3) is 5.43. The van der Waals surface area contributed by atoms with E-state index >= 15 is 0 Å². The van der Waals surface area contributed by atoms with Gasteiger partial charge in [-0.25, -0.2) is 0 Å². The first-order valence-electron chi connectivity index (χ1n) is 7.15. The molecule has 3 heteroatoms. The van der Waals surface area contributed by atoms with Crippen molar-refractivity contribution in [1.29, 1.82) is 0 Å². The summed E-state index contributed by atoms with van der Waals surface area (Å²) in [6, 6.07) is 8.41. The molecule has 0 radical (unpaired) electrons. The molecule has 0 heterocycles. The Morgan fingerprint density at radius 2 is 1.84 bits per heavy atom. The monoisotopic (exact) mass is 262 g/mol. The average molecular weight is 262 g/mol. The van der Waals surface area contributed by atoms with Crippen LogP contribution in [0.25, 0.3) is 0 Å². The summed E-state index contributed by atoms with van der Waals surface area (Å²) in [5, 5.41) is 6.28. The Balaban J connectivity index is 2.44. The van der Waals surface area contributed by atoms with Gasteiger partial charge in [-0.2, -0.15) is 0 Å².